The molecule has 2 rings (SSSR count). The lowest BCUT2D eigenvalue weighted by atomic mass is 10.4. The summed E-state index contributed by atoms with van der Waals surface area (Å²) < 4.78 is 10.5. The third-order valence-electron chi connectivity index (χ3n) is 2.22. The van der Waals surface area contributed by atoms with E-state index >= 15 is 0 Å². The first kappa shape index (κ1) is 12.3. The van der Waals surface area contributed by atoms with Gasteiger partial charge >= 0.3 is 0 Å². The third-order valence-corrected chi connectivity index (χ3v) is 2.22. The van der Waals surface area contributed by atoms with Gasteiger partial charge in [0.15, 0.2) is 5.76 Å². The van der Waals surface area contributed by atoms with Crippen LogP contribution in [0.15, 0.2) is 16.7 Å². The van der Waals surface area contributed by atoms with Gasteiger partial charge in [-0.15, -0.1) is 0 Å². The predicted molar refractivity (Wildman–Crippen MR) is 66.5 cm³/mol. The lowest BCUT2D eigenvalue weighted by Gasteiger charge is -2.06. The maximum absolute atomic E-state index is 5.36. The van der Waals surface area contributed by atoms with E-state index in [4.69, 9.17) is 9.26 Å². The second kappa shape index (κ2) is 5.48. The Morgan fingerprint density at radius 1 is 1.22 bits per heavy atom. The molecule has 0 aliphatic carbocycles. The summed E-state index contributed by atoms with van der Waals surface area (Å²) in [5.41, 5.74) is 1.71. The lowest BCUT2D eigenvalue weighted by molar-refractivity contribution is 0.326. The Labute approximate surface area is 105 Å². The molecule has 0 bridgehead atoms. The van der Waals surface area contributed by atoms with Crippen molar-refractivity contribution in [1.82, 2.24) is 15.1 Å². The molecule has 0 saturated carbocycles. The zero-order valence-corrected chi connectivity index (χ0v) is 10.7. The standard InChI is InChI=1S/C12H16N4O2/c1-4-17-11-6-8(2)14-12(15-11)13-7-10-5-9(3)16-18-10/h5-6H,4,7H2,1-3H3,(H,13,14,15). The van der Waals surface area contributed by atoms with Gasteiger partial charge in [-0.2, -0.15) is 4.98 Å². The number of rotatable bonds is 5. The van der Waals surface area contributed by atoms with Crippen molar-refractivity contribution in [1.29, 1.82) is 0 Å². The molecule has 0 spiro atoms. The fourth-order valence-electron chi connectivity index (χ4n) is 1.51. The Kier molecular flexibility index (Phi) is 3.76. The first-order chi connectivity index (χ1) is 8.67. The lowest BCUT2D eigenvalue weighted by Crippen LogP contribution is -2.05. The Morgan fingerprint density at radius 2 is 2.06 bits per heavy atom. The van der Waals surface area contributed by atoms with Crippen LogP contribution in [0.2, 0.25) is 0 Å². The summed E-state index contributed by atoms with van der Waals surface area (Å²) in [5, 5.41) is 6.89. The van der Waals surface area contributed by atoms with Crippen molar-refractivity contribution >= 4 is 5.95 Å². The number of aromatic nitrogens is 3. The van der Waals surface area contributed by atoms with Crippen LogP contribution in [0.4, 0.5) is 5.95 Å². The van der Waals surface area contributed by atoms with E-state index in [1.54, 1.807) is 6.07 Å². The predicted octanol–water partition coefficient (Wildman–Crippen LogP) is 2.09. The molecule has 2 aromatic rings. The molecule has 0 unspecified atom stereocenters. The quantitative estimate of drug-likeness (QED) is 0.873. The molecule has 2 heterocycles. The number of anilines is 1. The smallest absolute Gasteiger partial charge is 0.226 e. The highest BCUT2D eigenvalue weighted by molar-refractivity contribution is 5.31. The SMILES string of the molecule is CCOc1cc(C)nc(NCc2cc(C)no2)n1. The molecule has 0 aliphatic heterocycles. The summed E-state index contributed by atoms with van der Waals surface area (Å²) in [7, 11) is 0. The fourth-order valence-corrected chi connectivity index (χ4v) is 1.51. The molecule has 6 heteroatoms. The summed E-state index contributed by atoms with van der Waals surface area (Å²) in [6.07, 6.45) is 0. The van der Waals surface area contributed by atoms with Crippen LogP contribution >= 0.6 is 0 Å². The number of nitrogens with zero attached hydrogens (tertiary/aromatic N) is 3. The molecule has 0 fully saturated rings. The average Bonchev–Trinajstić information content (AvgIpc) is 2.72. The highest BCUT2D eigenvalue weighted by atomic mass is 16.5. The van der Waals surface area contributed by atoms with Gasteiger partial charge in [0.05, 0.1) is 18.8 Å². The van der Waals surface area contributed by atoms with Crippen LogP contribution in [0, 0.1) is 13.8 Å². The van der Waals surface area contributed by atoms with Crippen LogP contribution in [-0.4, -0.2) is 21.7 Å². The van der Waals surface area contributed by atoms with Gasteiger partial charge < -0.3 is 14.6 Å². The maximum Gasteiger partial charge on any atom is 0.226 e. The third kappa shape index (κ3) is 3.19. The molecule has 96 valence electrons. The minimum Gasteiger partial charge on any atom is -0.478 e. The van der Waals surface area contributed by atoms with Crippen molar-refractivity contribution in [3.63, 3.8) is 0 Å². The first-order valence-corrected chi connectivity index (χ1v) is 5.82. The number of aryl methyl sites for hydroxylation is 2. The first-order valence-electron chi connectivity index (χ1n) is 5.82. The van der Waals surface area contributed by atoms with Crippen LogP contribution in [0.25, 0.3) is 0 Å². The molecule has 0 aromatic carbocycles. The zero-order valence-electron chi connectivity index (χ0n) is 10.7. The zero-order chi connectivity index (χ0) is 13.0. The average molecular weight is 248 g/mol. The van der Waals surface area contributed by atoms with E-state index in [1.165, 1.54) is 0 Å². The van der Waals surface area contributed by atoms with Gasteiger partial charge in [-0.05, 0) is 20.8 Å². The van der Waals surface area contributed by atoms with Gasteiger partial charge in [-0.25, -0.2) is 4.98 Å². The molecule has 0 radical (unpaired) electrons. The van der Waals surface area contributed by atoms with Crippen LogP contribution in [-0.2, 0) is 6.54 Å². The second-order valence-electron chi connectivity index (χ2n) is 3.89. The van der Waals surface area contributed by atoms with Gasteiger partial charge in [0, 0.05) is 17.8 Å². The fraction of sp³-hybridized carbons (Fsp3) is 0.417. The van der Waals surface area contributed by atoms with E-state index in [1.807, 2.05) is 26.8 Å². The molecule has 0 saturated heterocycles. The topological polar surface area (TPSA) is 73.1 Å². The maximum atomic E-state index is 5.36. The van der Waals surface area contributed by atoms with Crippen molar-refractivity contribution in [2.75, 3.05) is 11.9 Å². The molecule has 2 aromatic heterocycles. The highest BCUT2D eigenvalue weighted by Gasteiger charge is 2.05. The summed E-state index contributed by atoms with van der Waals surface area (Å²) in [5.74, 6) is 1.84. The van der Waals surface area contributed by atoms with Crippen LogP contribution in [0.1, 0.15) is 24.1 Å². The number of hydrogen-bond donors (Lipinski definition) is 1. The number of ether oxygens (including phenoxy) is 1. The van der Waals surface area contributed by atoms with Gasteiger partial charge in [-0.3, -0.25) is 0 Å². The Bertz CT molecular complexity index is 525. The van der Waals surface area contributed by atoms with Crippen molar-refractivity contribution in [3.05, 3.63) is 29.3 Å². The van der Waals surface area contributed by atoms with E-state index in [-0.39, 0.29) is 0 Å². The Morgan fingerprint density at radius 3 is 2.72 bits per heavy atom. The van der Waals surface area contributed by atoms with E-state index in [0.29, 0.717) is 25.0 Å². The molecule has 0 atom stereocenters. The van der Waals surface area contributed by atoms with Crippen LogP contribution in [0.5, 0.6) is 5.88 Å². The summed E-state index contributed by atoms with van der Waals surface area (Å²) >= 11 is 0. The molecule has 18 heavy (non-hydrogen) atoms. The molecule has 0 aliphatic rings. The molecular formula is C12H16N4O2. The van der Waals surface area contributed by atoms with Crippen molar-refractivity contribution in [2.45, 2.75) is 27.3 Å². The molecule has 1 N–H and O–H groups in total. The Balaban J connectivity index is 2.04. The molecule has 6 nitrogen and oxygen atoms in total. The number of hydrogen-bond acceptors (Lipinski definition) is 6. The summed E-state index contributed by atoms with van der Waals surface area (Å²) in [6.45, 7) is 6.77. The summed E-state index contributed by atoms with van der Waals surface area (Å²) in [6, 6.07) is 3.67. The van der Waals surface area contributed by atoms with Crippen LogP contribution in [0.3, 0.4) is 0 Å². The van der Waals surface area contributed by atoms with Crippen molar-refractivity contribution in [2.24, 2.45) is 0 Å². The molecule has 0 amide bonds. The van der Waals surface area contributed by atoms with Crippen molar-refractivity contribution in [3.8, 4) is 5.88 Å². The van der Waals surface area contributed by atoms with Gasteiger partial charge in [-0.1, -0.05) is 5.16 Å². The minimum atomic E-state index is 0.496. The number of nitrogens with one attached hydrogen (secondary N) is 1. The van der Waals surface area contributed by atoms with E-state index in [0.717, 1.165) is 17.1 Å². The Hall–Kier alpha value is -2.11. The van der Waals surface area contributed by atoms with Crippen LogP contribution < -0.4 is 10.1 Å². The summed E-state index contributed by atoms with van der Waals surface area (Å²) in [4.78, 5) is 8.51. The molecular weight excluding hydrogens is 232 g/mol. The monoisotopic (exact) mass is 248 g/mol. The highest BCUT2D eigenvalue weighted by Crippen LogP contribution is 2.13. The van der Waals surface area contributed by atoms with Gasteiger partial charge in [0.2, 0.25) is 11.8 Å². The van der Waals surface area contributed by atoms with E-state index < -0.39 is 0 Å². The van der Waals surface area contributed by atoms with Crippen molar-refractivity contribution < 1.29 is 9.26 Å². The largest absolute Gasteiger partial charge is 0.478 e. The normalized spacial score (nSPS) is 10.4. The second-order valence-corrected chi connectivity index (χ2v) is 3.89. The van der Waals surface area contributed by atoms with E-state index in [9.17, 15) is 0 Å². The van der Waals surface area contributed by atoms with Gasteiger partial charge in [0.1, 0.15) is 0 Å². The van der Waals surface area contributed by atoms with E-state index in [2.05, 4.69) is 20.4 Å². The minimum absolute atomic E-state index is 0.496. The van der Waals surface area contributed by atoms with Gasteiger partial charge in [0.25, 0.3) is 0 Å².